The number of benzene rings is 2. The Morgan fingerprint density at radius 3 is 2.68 bits per heavy atom. The molecule has 2 heterocycles. The summed E-state index contributed by atoms with van der Waals surface area (Å²) in [7, 11) is 1.82. The van der Waals surface area contributed by atoms with Crippen molar-refractivity contribution in [2.45, 2.75) is 45.7 Å². The standard InChI is InChI=1S/C37H38N4/c1-7-10-13-33(40-25(4)35(38-6)26(8-2)9-3)29-16-14-27-15-17-30(24-31(27)23-29)34-21-19-28-18-20-32-12-11-22-39-37(32,5)36(28)41-34/h8-25,32H,2,7H2,1,3-6H3/b13-10-,26-9-,38-35?,40-33?. The summed E-state index contributed by atoms with van der Waals surface area (Å²) in [6.45, 7) is 12.4. The molecule has 3 aromatic rings. The average molecular weight is 539 g/mol. The Balaban J connectivity index is 1.55. The molecular weight excluding hydrogens is 500 g/mol. The first-order chi connectivity index (χ1) is 19.9. The van der Waals surface area contributed by atoms with Crippen molar-refractivity contribution in [2.75, 3.05) is 7.05 Å². The van der Waals surface area contributed by atoms with Crippen LogP contribution in [-0.2, 0) is 5.54 Å². The molecule has 41 heavy (non-hydrogen) atoms. The van der Waals surface area contributed by atoms with Crippen molar-refractivity contribution >= 4 is 34.5 Å². The van der Waals surface area contributed by atoms with E-state index in [4.69, 9.17) is 15.0 Å². The van der Waals surface area contributed by atoms with Crippen LogP contribution >= 0.6 is 0 Å². The molecule has 3 unspecified atom stereocenters. The molecule has 5 rings (SSSR count). The zero-order valence-electron chi connectivity index (χ0n) is 24.7. The summed E-state index contributed by atoms with van der Waals surface area (Å²) in [5.41, 5.74) is 7.76. The minimum absolute atomic E-state index is 0.112. The van der Waals surface area contributed by atoms with E-state index in [2.05, 4.69) is 111 Å². The molecule has 0 spiro atoms. The number of nitrogens with zero attached hydrogens (tertiary/aromatic N) is 4. The first kappa shape index (κ1) is 28.1. The monoisotopic (exact) mass is 538 g/mol. The molecule has 0 N–H and O–H groups in total. The van der Waals surface area contributed by atoms with Gasteiger partial charge in [-0.2, -0.15) is 0 Å². The molecule has 206 valence electrons. The molecule has 0 fully saturated rings. The normalized spacial score (nSPS) is 21.3. The molecule has 3 atom stereocenters. The van der Waals surface area contributed by atoms with Gasteiger partial charge in [0.2, 0.25) is 0 Å². The number of hydrogen-bond acceptors (Lipinski definition) is 4. The van der Waals surface area contributed by atoms with Gasteiger partial charge in [-0.3, -0.25) is 15.0 Å². The van der Waals surface area contributed by atoms with Crippen molar-refractivity contribution in [3.8, 4) is 11.3 Å². The van der Waals surface area contributed by atoms with Gasteiger partial charge in [-0.05, 0) is 79.5 Å². The predicted octanol–water partition coefficient (Wildman–Crippen LogP) is 8.75. The van der Waals surface area contributed by atoms with Crippen LogP contribution in [0.3, 0.4) is 0 Å². The lowest BCUT2D eigenvalue weighted by Gasteiger charge is -2.36. The Labute approximate surface area is 244 Å². The largest absolute Gasteiger partial charge is 0.290 e. The quantitative estimate of drug-likeness (QED) is 0.209. The average Bonchev–Trinajstić information content (AvgIpc) is 3.00. The zero-order chi connectivity index (χ0) is 29.0. The lowest BCUT2D eigenvalue weighted by Crippen LogP contribution is -2.33. The fourth-order valence-electron chi connectivity index (χ4n) is 5.70. The van der Waals surface area contributed by atoms with Crippen LogP contribution in [0.2, 0.25) is 0 Å². The summed E-state index contributed by atoms with van der Waals surface area (Å²) < 4.78 is 0. The van der Waals surface area contributed by atoms with Crippen molar-refractivity contribution in [3.05, 3.63) is 120 Å². The maximum Gasteiger partial charge on any atom is 0.110 e. The molecule has 2 aromatic carbocycles. The molecule has 1 aromatic heterocycles. The second-order valence-corrected chi connectivity index (χ2v) is 10.7. The number of allylic oxidation sites excluding steroid dienone is 5. The van der Waals surface area contributed by atoms with Gasteiger partial charge in [0.1, 0.15) is 5.54 Å². The van der Waals surface area contributed by atoms with E-state index in [0.29, 0.717) is 0 Å². The van der Waals surface area contributed by atoms with Gasteiger partial charge < -0.3 is 0 Å². The van der Waals surface area contributed by atoms with E-state index in [1.807, 2.05) is 38.4 Å². The molecule has 0 saturated heterocycles. The molecule has 0 saturated carbocycles. The minimum Gasteiger partial charge on any atom is -0.290 e. The Morgan fingerprint density at radius 1 is 1.10 bits per heavy atom. The minimum atomic E-state index is -0.383. The second kappa shape index (κ2) is 12.0. The molecule has 0 bridgehead atoms. The highest BCUT2D eigenvalue weighted by molar-refractivity contribution is 6.13. The topological polar surface area (TPSA) is 50.0 Å². The molecule has 0 radical (unpaired) electrons. The highest BCUT2D eigenvalue weighted by Gasteiger charge is 2.39. The van der Waals surface area contributed by atoms with Gasteiger partial charge in [-0.15, -0.1) is 0 Å². The van der Waals surface area contributed by atoms with Crippen molar-refractivity contribution < 1.29 is 0 Å². The smallest absolute Gasteiger partial charge is 0.110 e. The van der Waals surface area contributed by atoms with Crippen molar-refractivity contribution in [1.29, 1.82) is 0 Å². The van der Waals surface area contributed by atoms with Crippen LogP contribution in [0.1, 0.15) is 50.9 Å². The van der Waals surface area contributed by atoms with Gasteiger partial charge >= 0.3 is 0 Å². The number of pyridine rings is 1. The van der Waals surface area contributed by atoms with Crippen molar-refractivity contribution in [1.82, 2.24) is 4.98 Å². The van der Waals surface area contributed by atoms with E-state index in [1.54, 1.807) is 0 Å². The lowest BCUT2D eigenvalue weighted by molar-refractivity contribution is 0.404. The zero-order valence-corrected chi connectivity index (χ0v) is 24.7. The first-order valence-electron chi connectivity index (χ1n) is 14.4. The van der Waals surface area contributed by atoms with Gasteiger partial charge in [0, 0.05) is 30.3 Å². The molecule has 0 amide bonds. The Hall–Kier alpha value is -4.44. The fourth-order valence-corrected chi connectivity index (χ4v) is 5.70. The third kappa shape index (κ3) is 5.47. The first-order valence-corrected chi connectivity index (χ1v) is 14.4. The van der Waals surface area contributed by atoms with Crippen LogP contribution in [0.25, 0.3) is 28.1 Å². The van der Waals surface area contributed by atoms with Gasteiger partial charge in [0.25, 0.3) is 0 Å². The van der Waals surface area contributed by atoms with Gasteiger partial charge in [-0.25, -0.2) is 4.98 Å². The van der Waals surface area contributed by atoms with Crippen LogP contribution in [0.15, 0.2) is 118 Å². The highest BCUT2D eigenvalue weighted by atomic mass is 14.9. The molecule has 4 heteroatoms. The molecule has 1 aliphatic carbocycles. The summed E-state index contributed by atoms with van der Waals surface area (Å²) >= 11 is 0. The van der Waals surface area contributed by atoms with Crippen LogP contribution in [-0.4, -0.2) is 35.7 Å². The molecular formula is C37H38N4. The third-order valence-corrected chi connectivity index (χ3v) is 8.02. The molecule has 2 aliphatic rings. The number of aromatic nitrogens is 1. The van der Waals surface area contributed by atoms with E-state index in [9.17, 15) is 0 Å². The van der Waals surface area contributed by atoms with E-state index < -0.39 is 0 Å². The van der Waals surface area contributed by atoms with Crippen molar-refractivity contribution in [2.24, 2.45) is 20.9 Å². The van der Waals surface area contributed by atoms with Crippen LogP contribution in [0.5, 0.6) is 0 Å². The maximum absolute atomic E-state index is 5.18. The summed E-state index contributed by atoms with van der Waals surface area (Å²) in [5.74, 6) is 0.215. The van der Waals surface area contributed by atoms with Gasteiger partial charge in [-0.1, -0.05) is 80.3 Å². The highest BCUT2D eigenvalue weighted by Crippen LogP contribution is 2.42. The number of rotatable bonds is 8. The maximum atomic E-state index is 5.18. The predicted molar refractivity (Wildman–Crippen MR) is 177 cm³/mol. The summed E-state index contributed by atoms with van der Waals surface area (Å²) in [6.07, 6.45) is 19.6. The number of fused-ring (bicyclic) bond motifs is 4. The summed E-state index contributed by atoms with van der Waals surface area (Å²) in [5, 5.41) is 2.33. The SMILES string of the molecule is C=C/C(=C/C)C(=NC)C(C)N=C(/C=C\CC)c1ccc2ccc(-c3ccc4c(n3)C3(C)N=CC=CC3C=C4)cc2c1. The summed E-state index contributed by atoms with van der Waals surface area (Å²) in [4.78, 5) is 19.7. The number of hydrogen-bond donors (Lipinski definition) is 0. The van der Waals surface area contributed by atoms with Crippen LogP contribution in [0, 0.1) is 5.92 Å². The number of dihydropyridines is 1. The third-order valence-electron chi connectivity index (χ3n) is 8.02. The second-order valence-electron chi connectivity index (χ2n) is 10.7. The number of aliphatic imine (C=N–C) groups is 3. The fraction of sp³-hybridized carbons (Fsp3) is 0.243. The molecule has 4 nitrogen and oxygen atoms in total. The Kier molecular flexibility index (Phi) is 8.21. The van der Waals surface area contributed by atoms with E-state index >= 15 is 0 Å². The Morgan fingerprint density at radius 2 is 1.93 bits per heavy atom. The van der Waals surface area contributed by atoms with E-state index in [1.165, 1.54) is 5.39 Å². The van der Waals surface area contributed by atoms with E-state index in [0.717, 1.165) is 56.9 Å². The van der Waals surface area contributed by atoms with Gasteiger partial charge in [0.15, 0.2) is 0 Å². The lowest BCUT2D eigenvalue weighted by atomic mass is 9.76. The van der Waals surface area contributed by atoms with Crippen molar-refractivity contribution in [3.63, 3.8) is 0 Å². The van der Waals surface area contributed by atoms with E-state index in [-0.39, 0.29) is 17.5 Å². The summed E-state index contributed by atoms with van der Waals surface area (Å²) in [6, 6.07) is 17.3. The Bertz CT molecular complexity index is 1700. The molecule has 1 aliphatic heterocycles. The van der Waals surface area contributed by atoms with Crippen LogP contribution < -0.4 is 0 Å². The van der Waals surface area contributed by atoms with Gasteiger partial charge in [0.05, 0.1) is 28.9 Å². The van der Waals surface area contributed by atoms with Crippen LogP contribution in [0.4, 0.5) is 0 Å².